The maximum Gasteiger partial charge on any atom is 0.336 e. The van der Waals surface area contributed by atoms with Crippen molar-refractivity contribution in [3.8, 4) is 5.88 Å². The number of benzene rings is 1. The lowest BCUT2D eigenvalue weighted by molar-refractivity contribution is 0.0699. The molecule has 0 spiro atoms. The molecular formula is C17H19NO3. The van der Waals surface area contributed by atoms with E-state index in [2.05, 4.69) is 11.9 Å². The highest BCUT2D eigenvalue weighted by Gasteiger charge is 2.20. The van der Waals surface area contributed by atoms with Crippen molar-refractivity contribution in [3.05, 3.63) is 35.9 Å². The average Bonchev–Trinajstić information content (AvgIpc) is 2.48. The van der Waals surface area contributed by atoms with E-state index in [9.17, 15) is 9.90 Å². The van der Waals surface area contributed by atoms with Gasteiger partial charge in [-0.2, -0.15) is 0 Å². The number of hydrogen-bond donors (Lipinski definition) is 1. The molecule has 1 saturated carbocycles. The number of hydrogen-bond acceptors (Lipinski definition) is 3. The Labute approximate surface area is 123 Å². The zero-order chi connectivity index (χ0) is 14.8. The summed E-state index contributed by atoms with van der Waals surface area (Å²) in [4.78, 5) is 15.6. The molecule has 0 atom stereocenters. The van der Waals surface area contributed by atoms with Crippen molar-refractivity contribution in [1.82, 2.24) is 4.98 Å². The van der Waals surface area contributed by atoms with Crippen molar-refractivity contribution < 1.29 is 14.6 Å². The number of ether oxygens (including phenoxy) is 1. The Bertz CT molecular complexity index is 660. The monoisotopic (exact) mass is 285 g/mol. The average molecular weight is 285 g/mol. The van der Waals surface area contributed by atoms with Crippen LogP contribution in [-0.4, -0.2) is 22.2 Å². The molecule has 3 rings (SSSR count). The van der Waals surface area contributed by atoms with E-state index in [4.69, 9.17) is 4.74 Å². The molecule has 4 heteroatoms. The van der Waals surface area contributed by atoms with Crippen LogP contribution in [0.1, 0.15) is 43.0 Å². The SMILES string of the molecule is CC1CCC(Oc2ccc3c(C(=O)O)cccc3n2)CC1. The molecule has 0 amide bonds. The van der Waals surface area contributed by atoms with Crippen LogP contribution >= 0.6 is 0 Å². The third kappa shape index (κ3) is 2.99. The molecule has 1 heterocycles. The molecule has 1 N–H and O–H groups in total. The van der Waals surface area contributed by atoms with Crippen LogP contribution in [-0.2, 0) is 0 Å². The first-order chi connectivity index (χ1) is 10.1. The van der Waals surface area contributed by atoms with Gasteiger partial charge in [-0.05, 0) is 49.8 Å². The number of nitrogens with zero attached hydrogens (tertiary/aromatic N) is 1. The Morgan fingerprint density at radius 1 is 1.19 bits per heavy atom. The summed E-state index contributed by atoms with van der Waals surface area (Å²) in [7, 11) is 0. The van der Waals surface area contributed by atoms with E-state index in [1.807, 2.05) is 6.07 Å². The lowest BCUT2D eigenvalue weighted by atomic mass is 9.89. The van der Waals surface area contributed by atoms with Gasteiger partial charge in [-0.1, -0.05) is 13.0 Å². The van der Waals surface area contributed by atoms with Gasteiger partial charge in [-0.3, -0.25) is 0 Å². The van der Waals surface area contributed by atoms with Crippen LogP contribution in [0.3, 0.4) is 0 Å². The zero-order valence-corrected chi connectivity index (χ0v) is 12.1. The summed E-state index contributed by atoms with van der Waals surface area (Å²) in [6, 6.07) is 8.68. The maximum atomic E-state index is 11.2. The number of carboxylic acid groups (broad SMARTS) is 1. The second-order valence-corrected chi connectivity index (χ2v) is 5.83. The second-order valence-electron chi connectivity index (χ2n) is 5.83. The van der Waals surface area contributed by atoms with Crippen molar-refractivity contribution >= 4 is 16.9 Å². The number of fused-ring (bicyclic) bond motifs is 1. The minimum Gasteiger partial charge on any atom is -0.478 e. The number of pyridine rings is 1. The molecule has 0 bridgehead atoms. The fourth-order valence-electron chi connectivity index (χ4n) is 2.91. The minimum absolute atomic E-state index is 0.230. The summed E-state index contributed by atoms with van der Waals surface area (Å²) < 4.78 is 5.95. The van der Waals surface area contributed by atoms with Gasteiger partial charge in [-0.25, -0.2) is 9.78 Å². The molecule has 0 saturated heterocycles. The lowest BCUT2D eigenvalue weighted by Crippen LogP contribution is -2.23. The van der Waals surface area contributed by atoms with Gasteiger partial charge in [-0.15, -0.1) is 0 Å². The van der Waals surface area contributed by atoms with Crippen LogP contribution < -0.4 is 4.74 Å². The molecule has 2 aromatic rings. The van der Waals surface area contributed by atoms with Crippen LogP contribution in [0, 0.1) is 5.92 Å². The minimum atomic E-state index is -0.933. The van der Waals surface area contributed by atoms with E-state index in [1.165, 1.54) is 12.8 Å². The summed E-state index contributed by atoms with van der Waals surface area (Å²) in [6.07, 6.45) is 4.75. The van der Waals surface area contributed by atoms with E-state index in [0.717, 1.165) is 18.8 Å². The molecule has 1 aromatic heterocycles. The maximum absolute atomic E-state index is 11.2. The van der Waals surface area contributed by atoms with Crippen LogP contribution in [0.25, 0.3) is 10.9 Å². The molecular weight excluding hydrogens is 266 g/mol. The van der Waals surface area contributed by atoms with Crippen molar-refractivity contribution in [3.63, 3.8) is 0 Å². The number of carbonyl (C=O) groups is 1. The van der Waals surface area contributed by atoms with Gasteiger partial charge in [0.2, 0.25) is 5.88 Å². The Hall–Kier alpha value is -2.10. The number of rotatable bonds is 3. The summed E-state index contributed by atoms with van der Waals surface area (Å²) in [5.41, 5.74) is 0.939. The van der Waals surface area contributed by atoms with Gasteiger partial charge in [0, 0.05) is 11.5 Å². The highest BCUT2D eigenvalue weighted by molar-refractivity contribution is 6.02. The molecule has 21 heavy (non-hydrogen) atoms. The predicted molar refractivity (Wildman–Crippen MR) is 80.8 cm³/mol. The molecule has 0 unspecified atom stereocenters. The van der Waals surface area contributed by atoms with Crippen LogP contribution in [0.4, 0.5) is 0 Å². The predicted octanol–water partition coefficient (Wildman–Crippen LogP) is 3.89. The van der Waals surface area contributed by atoms with E-state index < -0.39 is 5.97 Å². The standard InChI is InChI=1S/C17H19NO3/c1-11-5-7-12(8-6-11)21-16-10-9-13-14(17(19)20)3-2-4-15(13)18-16/h2-4,9-12H,5-8H2,1H3,(H,19,20). The van der Waals surface area contributed by atoms with Gasteiger partial charge in [0.05, 0.1) is 11.1 Å². The van der Waals surface area contributed by atoms with Crippen molar-refractivity contribution in [2.45, 2.75) is 38.7 Å². The smallest absolute Gasteiger partial charge is 0.336 e. The van der Waals surface area contributed by atoms with E-state index in [1.54, 1.807) is 24.3 Å². The normalized spacial score (nSPS) is 22.1. The van der Waals surface area contributed by atoms with Gasteiger partial charge >= 0.3 is 5.97 Å². The molecule has 1 aromatic carbocycles. The fraction of sp³-hybridized carbons (Fsp3) is 0.412. The van der Waals surface area contributed by atoms with Gasteiger partial charge in [0.25, 0.3) is 0 Å². The van der Waals surface area contributed by atoms with Crippen LogP contribution in [0.15, 0.2) is 30.3 Å². The first kappa shape index (κ1) is 13.9. The number of aromatic nitrogens is 1. The van der Waals surface area contributed by atoms with Gasteiger partial charge in [0.1, 0.15) is 6.10 Å². The topological polar surface area (TPSA) is 59.4 Å². The highest BCUT2D eigenvalue weighted by Crippen LogP contribution is 2.27. The quantitative estimate of drug-likeness (QED) is 0.929. The molecule has 0 aliphatic heterocycles. The van der Waals surface area contributed by atoms with Crippen LogP contribution in [0.2, 0.25) is 0 Å². The van der Waals surface area contributed by atoms with Gasteiger partial charge < -0.3 is 9.84 Å². The summed E-state index contributed by atoms with van der Waals surface area (Å²) in [5, 5.41) is 9.83. The third-order valence-corrected chi connectivity index (χ3v) is 4.19. The van der Waals surface area contributed by atoms with Crippen LogP contribution in [0.5, 0.6) is 5.88 Å². The van der Waals surface area contributed by atoms with Crippen molar-refractivity contribution in [1.29, 1.82) is 0 Å². The summed E-state index contributed by atoms with van der Waals surface area (Å²) in [5.74, 6) is 0.439. The molecule has 1 fully saturated rings. The molecule has 110 valence electrons. The molecule has 0 radical (unpaired) electrons. The van der Waals surface area contributed by atoms with E-state index in [0.29, 0.717) is 16.8 Å². The Morgan fingerprint density at radius 3 is 2.67 bits per heavy atom. The van der Waals surface area contributed by atoms with Crippen molar-refractivity contribution in [2.24, 2.45) is 5.92 Å². The van der Waals surface area contributed by atoms with E-state index >= 15 is 0 Å². The second kappa shape index (κ2) is 5.72. The highest BCUT2D eigenvalue weighted by atomic mass is 16.5. The lowest BCUT2D eigenvalue weighted by Gasteiger charge is -2.26. The molecule has 1 aliphatic carbocycles. The number of aromatic carboxylic acids is 1. The van der Waals surface area contributed by atoms with Crippen molar-refractivity contribution in [2.75, 3.05) is 0 Å². The first-order valence-corrected chi connectivity index (χ1v) is 7.43. The number of carboxylic acids is 1. The molecule has 1 aliphatic rings. The zero-order valence-electron chi connectivity index (χ0n) is 12.1. The third-order valence-electron chi connectivity index (χ3n) is 4.19. The fourth-order valence-corrected chi connectivity index (χ4v) is 2.91. The Morgan fingerprint density at radius 2 is 1.95 bits per heavy atom. The Kier molecular flexibility index (Phi) is 3.78. The summed E-state index contributed by atoms with van der Waals surface area (Å²) in [6.45, 7) is 2.28. The van der Waals surface area contributed by atoms with E-state index in [-0.39, 0.29) is 11.7 Å². The first-order valence-electron chi connectivity index (χ1n) is 7.43. The Balaban J connectivity index is 1.83. The largest absolute Gasteiger partial charge is 0.478 e. The summed E-state index contributed by atoms with van der Waals surface area (Å²) >= 11 is 0. The van der Waals surface area contributed by atoms with Gasteiger partial charge in [0.15, 0.2) is 0 Å². The molecule has 4 nitrogen and oxygen atoms in total.